The molecule has 0 amide bonds. The zero-order valence-corrected chi connectivity index (χ0v) is 8.44. The minimum atomic E-state index is -0.170. The maximum absolute atomic E-state index is 9.48. The van der Waals surface area contributed by atoms with E-state index < -0.39 is 0 Å². The Bertz CT molecular complexity index is 298. The van der Waals surface area contributed by atoms with Crippen LogP contribution in [0.15, 0.2) is 10.6 Å². The third-order valence-corrected chi connectivity index (χ3v) is 2.54. The van der Waals surface area contributed by atoms with E-state index in [4.69, 9.17) is 4.52 Å². The van der Waals surface area contributed by atoms with Crippen molar-refractivity contribution in [3.8, 4) is 0 Å². The van der Waals surface area contributed by atoms with Gasteiger partial charge in [0.15, 0.2) is 0 Å². The first-order valence-corrected chi connectivity index (χ1v) is 5.06. The van der Waals surface area contributed by atoms with Crippen molar-refractivity contribution in [1.29, 1.82) is 0 Å². The summed E-state index contributed by atoms with van der Waals surface area (Å²) in [7, 11) is 0. The number of aliphatic hydroxyl groups excluding tert-OH is 1. The van der Waals surface area contributed by atoms with Gasteiger partial charge in [-0.05, 0) is 26.3 Å². The van der Waals surface area contributed by atoms with Gasteiger partial charge in [-0.1, -0.05) is 5.16 Å². The molecule has 1 aliphatic heterocycles. The van der Waals surface area contributed by atoms with Crippen molar-refractivity contribution in [1.82, 2.24) is 10.1 Å². The van der Waals surface area contributed by atoms with Gasteiger partial charge in [-0.3, -0.25) is 4.90 Å². The molecule has 1 aliphatic rings. The molecular formula is C10H16N2O2. The van der Waals surface area contributed by atoms with E-state index in [2.05, 4.69) is 10.1 Å². The van der Waals surface area contributed by atoms with Gasteiger partial charge < -0.3 is 9.63 Å². The SMILES string of the molecule is Cc1cc(CN2CCC[C@H](O)C2)no1. The molecule has 1 aromatic rings. The van der Waals surface area contributed by atoms with E-state index in [0.717, 1.165) is 43.9 Å². The Balaban J connectivity index is 1.90. The lowest BCUT2D eigenvalue weighted by Gasteiger charge is -2.28. The second-order valence-corrected chi connectivity index (χ2v) is 3.96. The van der Waals surface area contributed by atoms with Gasteiger partial charge >= 0.3 is 0 Å². The predicted octanol–water partition coefficient (Wildman–Crippen LogP) is 0.940. The molecule has 1 N–H and O–H groups in total. The fourth-order valence-electron chi connectivity index (χ4n) is 1.90. The van der Waals surface area contributed by atoms with Crippen molar-refractivity contribution in [3.63, 3.8) is 0 Å². The summed E-state index contributed by atoms with van der Waals surface area (Å²) < 4.78 is 4.99. The first-order valence-electron chi connectivity index (χ1n) is 5.06. The third kappa shape index (κ3) is 2.33. The summed E-state index contributed by atoms with van der Waals surface area (Å²) in [5, 5.41) is 13.4. The van der Waals surface area contributed by atoms with Gasteiger partial charge in [-0.15, -0.1) is 0 Å². The Morgan fingerprint density at radius 3 is 3.21 bits per heavy atom. The summed E-state index contributed by atoms with van der Waals surface area (Å²) >= 11 is 0. The standard InChI is InChI=1S/C10H16N2O2/c1-8-5-9(11-14-8)6-12-4-2-3-10(13)7-12/h5,10,13H,2-4,6-7H2,1H3/t10-/m0/s1. The van der Waals surface area contributed by atoms with E-state index in [0.29, 0.717) is 0 Å². The van der Waals surface area contributed by atoms with E-state index >= 15 is 0 Å². The number of aromatic nitrogens is 1. The molecule has 1 saturated heterocycles. The van der Waals surface area contributed by atoms with Crippen LogP contribution in [0, 0.1) is 6.92 Å². The van der Waals surface area contributed by atoms with E-state index in [-0.39, 0.29) is 6.10 Å². The molecule has 0 aromatic carbocycles. The highest BCUT2D eigenvalue weighted by molar-refractivity contribution is 5.03. The van der Waals surface area contributed by atoms with Gasteiger partial charge in [0, 0.05) is 19.2 Å². The Kier molecular flexibility index (Phi) is 2.84. The Labute approximate surface area is 83.5 Å². The minimum Gasteiger partial charge on any atom is -0.392 e. The molecular weight excluding hydrogens is 180 g/mol. The van der Waals surface area contributed by atoms with Gasteiger partial charge in [0.1, 0.15) is 5.76 Å². The van der Waals surface area contributed by atoms with E-state index in [1.54, 1.807) is 0 Å². The largest absolute Gasteiger partial charge is 0.392 e. The van der Waals surface area contributed by atoms with Crippen LogP contribution in [-0.4, -0.2) is 34.4 Å². The van der Waals surface area contributed by atoms with Gasteiger partial charge in [0.05, 0.1) is 11.8 Å². The normalized spacial score (nSPS) is 24.0. The molecule has 0 aliphatic carbocycles. The number of aryl methyl sites for hydroxylation is 1. The van der Waals surface area contributed by atoms with E-state index in [1.165, 1.54) is 0 Å². The first kappa shape index (κ1) is 9.68. The molecule has 4 heteroatoms. The topological polar surface area (TPSA) is 49.5 Å². The summed E-state index contributed by atoms with van der Waals surface area (Å²) in [6.45, 7) is 4.48. The Hall–Kier alpha value is -0.870. The molecule has 1 aromatic heterocycles. The summed E-state index contributed by atoms with van der Waals surface area (Å²) in [5.41, 5.74) is 0.955. The second-order valence-electron chi connectivity index (χ2n) is 3.96. The van der Waals surface area contributed by atoms with Crippen molar-refractivity contribution < 1.29 is 9.63 Å². The van der Waals surface area contributed by atoms with Crippen molar-refractivity contribution in [2.75, 3.05) is 13.1 Å². The van der Waals surface area contributed by atoms with Crippen LogP contribution in [-0.2, 0) is 6.54 Å². The zero-order valence-electron chi connectivity index (χ0n) is 8.44. The Morgan fingerprint density at radius 1 is 1.71 bits per heavy atom. The summed E-state index contributed by atoms with van der Waals surface area (Å²) in [6.07, 6.45) is 1.82. The van der Waals surface area contributed by atoms with Crippen LogP contribution >= 0.6 is 0 Å². The number of aliphatic hydroxyl groups is 1. The van der Waals surface area contributed by atoms with Crippen LogP contribution in [0.25, 0.3) is 0 Å². The van der Waals surface area contributed by atoms with Crippen LogP contribution in [0.5, 0.6) is 0 Å². The lowest BCUT2D eigenvalue weighted by molar-refractivity contribution is 0.0656. The fourth-order valence-corrected chi connectivity index (χ4v) is 1.90. The molecule has 1 atom stereocenters. The number of hydrogen-bond acceptors (Lipinski definition) is 4. The van der Waals surface area contributed by atoms with Crippen LogP contribution in [0.4, 0.5) is 0 Å². The smallest absolute Gasteiger partial charge is 0.133 e. The van der Waals surface area contributed by atoms with E-state index in [9.17, 15) is 5.11 Å². The molecule has 1 fully saturated rings. The number of β-amino-alcohol motifs (C(OH)–C–C–N with tert-alkyl or cyclic N) is 1. The molecule has 0 radical (unpaired) electrons. The van der Waals surface area contributed by atoms with Gasteiger partial charge in [-0.25, -0.2) is 0 Å². The van der Waals surface area contributed by atoms with Gasteiger partial charge in [0.25, 0.3) is 0 Å². The summed E-state index contributed by atoms with van der Waals surface area (Å²) in [6, 6.07) is 1.95. The van der Waals surface area contributed by atoms with Crippen molar-refractivity contribution >= 4 is 0 Å². The minimum absolute atomic E-state index is 0.170. The number of likely N-dealkylation sites (tertiary alicyclic amines) is 1. The average molecular weight is 196 g/mol. The van der Waals surface area contributed by atoms with E-state index in [1.807, 2.05) is 13.0 Å². The highest BCUT2D eigenvalue weighted by Gasteiger charge is 2.18. The second kappa shape index (κ2) is 4.11. The first-order chi connectivity index (χ1) is 6.74. The van der Waals surface area contributed by atoms with Crippen molar-refractivity contribution in [3.05, 3.63) is 17.5 Å². The predicted molar refractivity (Wildman–Crippen MR) is 51.8 cm³/mol. The van der Waals surface area contributed by atoms with Crippen LogP contribution in [0.1, 0.15) is 24.3 Å². The van der Waals surface area contributed by atoms with Crippen molar-refractivity contribution in [2.24, 2.45) is 0 Å². The molecule has 0 unspecified atom stereocenters. The number of piperidine rings is 1. The monoisotopic (exact) mass is 196 g/mol. The van der Waals surface area contributed by atoms with Gasteiger partial charge in [0.2, 0.25) is 0 Å². The molecule has 14 heavy (non-hydrogen) atoms. The molecule has 0 saturated carbocycles. The van der Waals surface area contributed by atoms with Crippen LogP contribution in [0.2, 0.25) is 0 Å². The lowest BCUT2D eigenvalue weighted by Crippen LogP contribution is -2.37. The average Bonchev–Trinajstić information content (AvgIpc) is 2.51. The molecule has 2 rings (SSSR count). The number of rotatable bonds is 2. The zero-order chi connectivity index (χ0) is 9.97. The maximum Gasteiger partial charge on any atom is 0.133 e. The highest BCUT2D eigenvalue weighted by Crippen LogP contribution is 2.13. The molecule has 2 heterocycles. The third-order valence-electron chi connectivity index (χ3n) is 2.54. The highest BCUT2D eigenvalue weighted by atomic mass is 16.5. The molecule has 78 valence electrons. The maximum atomic E-state index is 9.48. The number of nitrogens with zero attached hydrogens (tertiary/aromatic N) is 2. The summed E-state index contributed by atoms with van der Waals surface area (Å²) in [4.78, 5) is 2.21. The number of hydrogen-bond donors (Lipinski definition) is 1. The molecule has 0 bridgehead atoms. The van der Waals surface area contributed by atoms with Gasteiger partial charge in [-0.2, -0.15) is 0 Å². The summed E-state index contributed by atoms with van der Waals surface area (Å²) in [5.74, 6) is 0.845. The van der Waals surface area contributed by atoms with Crippen molar-refractivity contribution in [2.45, 2.75) is 32.4 Å². The molecule has 0 spiro atoms. The van der Waals surface area contributed by atoms with Crippen LogP contribution in [0.3, 0.4) is 0 Å². The fraction of sp³-hybridized carbons (Fsp3) is 0.700. The van der Waals surface area contributed by atoms with Crippen LogP contribution < -0.4 is 0 Å². The lowest BCUT2D eigenvalue weighted by atomic mass is 10.1. The quantitative estimate of drug-likeness (QED) is 0.764. The molecule has 4 nitrogen and oxygen atoms in total. The Morgan fingerprint density at radius 2 is 2.57 bits per heavy atom.